The number of carbonyl (C=O) groups is 2. The standard InChI is InChI=1S/C13H26N2O4/c1-6-13(4,11(16)17)14-12(18)15(7-8-19-5)9-10(2)3/h10H,6-9H2,1-5H3,(H,14,18)(H,16,17). The van der Waals surface area contributed by atoms with Gasteiger partial charge in [0.05, 0.1) is 6.61 Å². The van der Waals surface area contributed by atoms with Crippen LogP contribution in [0.25, 0.3) is 0 Å². The molecule has 0 saturated carbocycles. The van der Waals surface area contributed by atoms with E-state index in [1.165, 1.54) is 6.92 Å². The molecule has 2 amide bonds. The summed E-state index contributed by atoms with van der Waals surface area (Å²) in [6.45, 7) is 8.69. The van der Waals surface area contributed by atoms with E-state index in [1.54, 1.807) is 18.9 Å². The van der Waals surface area contributed by atoms with Gasteiger partial charge in [-0.15, -0.1) is 0 Å². The van der Waals surface area contributed by atoms with E-state index in [2.05, 4.69) is 5.32 Å². The Morgan fingerprint density at radius 2 is 2.00 bits per heavy atom. The van der Waals surface area contributed by atoms with E-state index in [-0.39, 0.29) is 6.03 Å². The summed E-state index contributed by atoms with van der Waals surface area (Å²) in [5.41, 5.74) is -1.24. The van der Waals surface area contributed by atoms with E-state index in [4.69, 9.17) is 9.84 Å². The Morgan fingerprint density at radius 3 is 2.37 bits per heavy atom. The van der Waals surface area contributed by atoms with Gasteiger partial charge in [-0.3, -0.25) is 0 Å². The van der Waals surface area contributed by atoms with Crippen LogP contribution >= 0.6 is 0 Å². The molecule has 0 saturated heterocycles. The number of hydrogen-bond acceptors (Lipinski definition) is 3. The maximum Gasteiger partial charge on any atom is 0.329 e. The van der Waals surface area contributed by atoms with E-state index in [0.717, 1.165) is 0 Å². The van der Waals surface area contributed by atoms with E-state index < -0.39 is 11.5 Å². The second-order valence-corrected chi connectivity index (χ2v) is 5.25. The lowest BCUT2D eigenvalue weighted by molar-refractivity contribution is -0.143. The summed E-state index contributed by atoms with van der Waals surface area (Å²) in [5.74, 6) is -0.722. The van der Waals surface area contributed by atoms with Crippen LogP contribution in [0.15, 0.2) is 0 Å². The fraction of sp³-hybridized carbons (Fsp3) is 0.846. The molecule has 6 nitrogen and oxygen atoms in total. The summed E-state index contributed by atoms with van der Waals surface area (Å²) < 4.78 is 4.97. The number of amides is 2. The topological polar surface area (TPSA) is 78.9 Å². The minimum atomic E-state index is -1.24. The second-order valence-electron chi connectivity index (χ2n) is 5.25. The van der Waals surface area contributed by atoms with Crippen LogP contribution in [-0.4, -0.2) is 54.4 Å². The van der Waals surface area contributed by atoms with E-state index >= 15 is 0 Å². The highest BCUT2D eigenvalue weighted by Crippen LogP contribution is 2.11. The Hall–Kier alpha value is -1.30. The molecule has 0 aromatic carbocycles. The number of rotatable bonds is 8. The number of hydrogen-bond donors (Lipinski definition) is 2. The zero-order valence-electron chi connectivity index (χ0n) is 12.5. The molecule has 1 atom stereocenters. The first-order valence-corrected chi connectivity index (χ1v) is 6.56. The van der Waals surface area contributed by atoms with Crippen molar-refractivity contribution in [2.45, 2.75) is 39.7 Å². The van der Waals surface area contributed by atoms with Crippen molar-refractivity contribution >= 4 is 12.0 Å². The number of aliphatic carboxylic acids is 1. The van der Waals surface area contributed by atoms with Gasteiger partial charge in [-0.05, 0) is 19.3 Å². The van der Waals surface area contributed by atoms with Gasteiger partial charge in [-0.2, -0.15) is 0 Å². The largest absolute Gasteiger partial charge is 0.480 e. The first-order valence-electron chi connectivity index (χ1n) is 6.56. The van der Waals surface area contributed by atoms with Crippen molar-refractivity contribution in [3.05, 3.63) is 0 Å². The highest BCUT2D eigenvalue weighted by atomic mass is 16.5. The Balaban J connectivity index is 4.74. The van der Waals surface area contributed by atoms with Gasteiger partial charge in [-0.25, -0.2) is 9.59 Å². The third-order valence-corrected chi connectivity index (χ3v) is 3.00. The molecule has 0 aliphatic carbocycles. The molecule has 1 unspecified atom stereocenters. The summed E-state index contributed by atoms with van der Waals surface area (Å²) in [4.78, 5) is 24.9. The molecule has 2 N–H and O–H groups in total. The van der Waals surface area contributed by atoms with Gasteiger partial charge in [-0.1, -0.05) is 20.8 Å². The SMILES string of the molecule is CCC(C)(NC(=O)N(CCOC)CC(C)C)C(=O)O. The Kier molecular flexibility index (Phi) is 7.44. The Labute approximate surface area is 115 Å². The number of carbonyl (C=O) groups excluding carboxylic acids is 1. The molecule has 112 valence electrons. The number of carboxylic acids is 1. The van der Waals surface area contributed by atoms with Crippen LogP contribution in [0, 0.1) is 5.92 Å². The molecule has 0 radical (unpaired) electrons. The van der Waals surface area contributed by atoms with Crippen molar-refractivity contribution in [1.82, 2.24) is 10.2 Å². The molecule has 0 aromatic rings. The predicted molar refractivity (Wildman–Crippen MR) is 73.2 cm³/mol. The van der Waals surface area contributed by atoms with Crippen molar-refractivity contribution < 1.29 is 19.4 Å². The molecular weight excluding hydrogens is 248 g/mol. The monoisotopic (exact) mass is 274 g/mol. The molecule has 0 fully saturated rings. The highest BCUT2D eigenvalue weighted by Gasteiger charge is 2.34. The van der Waals surface area contributed by atoms with Crippen LogP contribution in [0.2, 0.25) is 0 Å². The zero-order valence-corrected chi connectivity index (χ0v) is 12.5. The molecule has 0 aliphatic heterocycles. The van der Waals surface area contributed by atoms with Crippen LogP contribution in [0.1, 0.15) is 34.1 Å². The van der Waals surface area contributed by atoms with Crippen LogP contribution < -0.4 is 5.32 Å². The maximum absolute atomic E-state index is 12.2. The van der Waals surface area contributed by atoms with Crippen molar-refractivity contribution in [3.63, 3.8) is 0 Å². The molecular formula is C13H26N2O4. The fourth-order valence-corrected chi connectivity index (χ4v) is 1.53. The molecule has 0 bridgehead atoms. The van der Waals surface area contributed by atoms with Gasteiger partial charge in [0.15, 0.2) is 0 Å². The smallest absolute Gasteiger partial charge is 0.329 e. The number of nitrogens with zero attached hydrogens (tertiary/aromatic N) is 1. The maximum atomic E-state index is 12.2. The highest BCUT2D eigenvalue weighted by molar-refractivity contribution is 5.85. The van der Waals surface area contributed by atoms with E-state index in [1.807, 2.05) is 13.8 Å². The lowest BCUT2D eigenvalue weighted by Crippen LogP contribution is -2.56. The normalized spacial score (nSPS) is 14.0. The molecule has 0 rings (SSSR count). The van der Waals surface area contributed by atoms with Gasteiger partial charge < -0.3 is 20.1 Å². The fourth-order valence-electron chi connectivity index (χ4n) is 1.53. The van der Waals surface area contributed by atoms with E-state index in [0.29, 0.717) is 32.0 Å². The number of carboxylic acid groups (broad SMARTS) is 1. The first-order chi connectivity index (χ1) is 8.76. The van der Waals surface area contributed by atoms with Crippen LogP contribution in [0.5, 0.6) is 0 Å². The molecule has 19 heavy (non-hydrogen) atoms. The average Bonchev–Trinajstić information content (AvgIpc) is 2.33. The van der Waals surface area contributed by atoms with Crippen LogP contribution in [0.3, 0.4) is 0 Å². The third-order valence-electron chi connectivity index (χ3n) is 3.00. The first kappa shape index (κ1) is 17.7. The quantitative estimate of drug-likeness (QED) is 0.704. The molecule has 6 heteroatoms. The molecule has 0 heterocycles. The number of urea groups is 1. The summed E-state index contributed by atoms with van der Waals surface area (Å²) in [7, 11) is 1.57. The van der Waals surface area contributed by atoms with Crippen molar-refractivity contribution in [1.29, 1.82) is 0 Å². The van der Waals surface area contributed by atoms with Gasteiger partial charge in [0.1, 0.15) is 5.54 Å². The zero-order chi connectivity index (χ0) is 15.1. The number of nitrogens with one attached hydrogen (secondary N) is 1. The molecule has 0 spiro atoms. The van der Waals surface area contributed by atoms with E-state index in [9.17, 15) is 9.59 Å². The molecule has 0 aromatic heterocycles. The van der Waals surface area contributed by atoms with Crippen LogP contribution in [-0.2, 0) is 9.53 Å². The van der Waals surface area contributed by atoms with Gasteiger partial charge in [0.2, 0.25) is 0 Å². The predicted octanol–water partition coefficient (Wildman–Crippen LogP) is 1.55. The summed E-state index contributed by atoms with van der Waals surface area (Å²) >= 11 is 0. The van der Waals surface area contributed by atoms with Gasteiger partial charge >= 0.3 is 12.0 Å². The molecule has 0 aliphatic rings. The van der Waals surface area contributed by atoms with Gasteiger partial charge in [0.25, 0.3) is 0 Å². The summed E-state index contributed by atoms with van der Waals surface area (Å²) in [5, 5.41) is 11.8. The van der Waals surface area contributed by atoms with Crippen LogP contribution in [0.4, 0.5) is 4.79 Å². The number of ether oxygens (including phenoxy) is 1. The Bertz CT molecular complexity index is 307. The second kappa shape index (κ2) is 7.99. The number of methoxy groups -OCH3 is 1. The van der Waals surface area contributed by atoms with Gasteiger partial charge in [0, 0.05) is 20.2 Å². The Morgan fingerprint density at radius 1 is 1.42 bits per heavy atom. The lowest BCUT2D eigenvalue weighted by Gasteiger charge is -2.30. The minimum absolute atomic E-state index is 0.306. The summed E-state index contributed by atoms with van der Waals surface area (Å²) in [6.07, 6.45) is 0.327. The average molecular weight is 274 g/mol. The summed E-state index contributed by atoms with van der Waals surface area (Å²) in [6, 6.07) is -0.363. The lowest BCUT2D eigenvalue weighted by atomic mass is 10.00. The third kappa shape index (κ3) is 5.92. The minimum Gasteiger partial charge on any atom is -0.480 e. The van der Waals surface area contributed by atoms with Crippen molar-refractivity contribution in [2.75, 3.05) is 26.8 Å². The van der Waals surface area contributed by atoms with Crippen molar-refractivity contribution in [3.8, 4) is 0 Å². The van der Waals surface area contributed by atoms with Crippen molar-refractivity contribution in [2.24, 2.45) is 5.92 Å².